The Morgan fingerprint density at radius 1 is 1.44 bits per heavy atom. The molecule has 1 aromatic heterocycles. The van der Waals surface area contributed by atoms with Gasteiger partial charge in [-0.05, 0) is 36.7 Å². The quantitative estimate of drug-likeness (QED) is 0.898. The van der Waals surface area contributed by atoms with Crippen LogP contribution in [0.5, 0.6) is 5.75 Å². The number of aryl methyl sites for hydroxylation is 1. The van der Waals surface area contributed by atoms with Gasteiger partial charge in [-0.3, -0.25) is 0 Å². The van der Waals surface area contributed by atoms with E-state index < -0.39 is 0 Å². The van der Waals surface area contributed by atoms with Crippen LogP contribution in [0.4, 0.5) is 0 Å². The second-order valence-electron chi connectivity index (χ2n) is 4.13. The summed E-state index contributed by atoms with van der Waals surface area (Å²) in [4.78, 5) is 4.42. The smallest absolute Gasteiger partial charge is 0.119 e. The number of benzene rings is 1. The molecule has 0 fully saturated rings. The van der Waals surface area contributed by atoms with Gasteiger partial charge in [0.15, 0.2) is 0 Å². The zero-order valence-electron chi connectivity index (χ0n) is 10.9. The number of aromatic nitrogens is 1. The summed E-state index contributed by atoms with van der Waals surface area (Å²) in [6, 6.07) is 6.33. The standard InChI is InChI=1S/C14H18N2OS/c1-4-15-14(13-8-18-9-16-13)12-6-5-11(17-3)7-10(12)2/h5-9,14-15H,4H2,1-3H3. The first-order valence-corrected chi connectivity index (χ1v) is 6.96. The lowest BCUT2D eigenvalue weighted by molar-refractivity contribution is 0.414. The number of hydrogen-bond acceptors (Lipinski definition) is 4. The molecule has 0 aliphatic heterocycles. The number of hydrogen-bond donors (Lipinski definition) is 1. The van der Waals surface area contributed by atoms with Crippen LogP contribution in [0.2, 0.25) is 0 Å². The molecule has 0 bridgehead atoms. The molecule has 0 amide bonds. The van der Waals surface area contributed by atoms with E-state index in [1.54, 1.807) is 18.4 Å². The highest BCUT2D eigenvalue weighted by molar-refractivity contribution is 7.07. The molecule has 1 N–H and O–H groups in total. The van der Waals surface area contributed by atoms with Gasteiger partial charge < -0.3 is 10.1 Å². The fraction of sp³-hybridized carbons (Fsp3) is 0.357. The number of ether oxygens (including phenoxy) is 1. The van der Waals surface area contributed by atoms with E-state index in [1.807, 2.05) is 11.6 Å². The molecule has 1 aromatic carbocycles. The Labute approximate surface area is 112 Å². The van der Waals surface area contributed by atoms with E-state index in [0.717, 1.165) is 18.0 Å². The molecule has 1 heterocycles. The third kappa shape index (κ3) is 2.71. The van der Waals surface area contributed by atoms with Gasteiger partial charge in [-0.25, -0.2) is 4.98 Å². The van der Waals surface area contributed by atoms with Crippen molar-refractivity contribution in [3.05, 3.63) is 45.9 Å². The van der Waals surface area contributed by atoms with Crippen molar-refractivity contribution >= 4 is 11.3 Å². The monoisotopic (exact) mass is 262 g/mol. The van der Waals surface area contributed by atoms with Crippen molar-refractivity contribution in [1.82, 2.24) is 10.3 Å². The Kier molecular flexibility index (Phi) is 4.33. The van der Waals surface area contributed by atoms with Gasteiger partial charge in [0.2, 0.25) is 0 Å². The highest BCUT2D eigenvalue weighted by atomic mass is 32.1. The first-order chi connectivity index (χ1) is 8.76. The van der Waals surface area contributed by atoms with Crippen molar-refractivity contribution in [2.75, 3.05) is 13.7 Å². The van der Waals surface area contributed by atoms with E-state index in [2.05, 4.69) is 41.7 Å². The van der Waals surface area contributed by atoms with Crippen LogP contribution in [-0.4, -0.2) is 18.6 Å². The first kappa shape index (κ1) is 13.1. The molecule has 96 valence electrons. The molecule has 0 aliphatic rings. The second kappa shape index (κ2) is 5.98. The van der Waals surface area contributed by atoms with E-state index in [-0.39, 0.29) is 6.04 Å². The van der Waals surface area contributed by atoms with E-state index in [4.69, 9.17) is 4.74 Å². The molecule has 1 unspecified atom stereocenters. The minimum Gasteiger partial charge on any atom is -0.497 e. The van der Waals surface area contributed by atoms with E-state index in [0.29, 0.717) is 0 Å². The number of thiazole rings is 1. The van der Waals surface area contributed by atoms with E-state index >= 15 is 0 Å². The van der Waals surface area contributed by atoms with Crippen LogP contribution in [0.1, 0.15) is 29.8 Å². The normalized spacial score (nSPS) is 12.4. The predicted octanol–water partition coefficient (Wildman–Crippen LogP) is 3.16. The van der Waals surface area contributed by atoms with E-state index in [1.165, 1.54) is 11.1 Å². The third-order valence-corrected chi connectivity index (χ3v) is 3.55. The van der Waals surface area contributed by atoms with Crippen molar-refractivity contribution in [2.45, 2.75) is 19.9 Å². The number of rotatable bonds is 5. The summed E-state index contributed by atoms with van der Waals surface area (Å²) in [5, 5.41) is 5.58. The zero-order chi connectivity index (χ0) is 13.0. The van der Waals surface area contributed by atoms with Crippen molar-refractivity contribution < 1.29 is 4.74 Å². The maximum atomic E-state index is 5.25. The third-order valence-electron chi connectivity index (χ3n) is 2.94. The van der Waals surface area contributed by atoms with Crippen LogP contribution in [0.3, 0.4) is 0 Å². The van der Waals surface area contributed by atoms with Gasteiger partial charge in [-0.2, -0.15) is 0 Å². The SMILES string of the molecule is CCNC(c1cscn1)c1ccc(OC)cc1C. The van der Waals surface area contributed by atoms with Crippen LogP contribution in [0, 0.1) is 6.92 Å². The molecule has 0 saturated carbocycles. The topological polar surface area (TPSA) is 34.2 Å². The summed E-state index contributed by atoms with van der Waals surface area (Å²) >= 11 is 1.63. The molecule has 0 aliphatic carbocycles. The summed E-state index contributed by atoms with van der Waals surface area (Å²) in [5.74, 6) is 0.893. The Morgan fingerprint density at radius 3 is 2.83 bits per heavy atom. The molecule has 0 saturated heterocycles. The van der Waals surface area contributed by atoms with Gasteiger partial charge in [0, 0.05) is 5.38 Å². The van der Waals surface area contributed by atoms with Crippen molar-refractivity contribution in [3.8, 4) is 5.75 Å². The molecule has 3 nitrogen and oxygen atoms in total. The molecular formula is C14H18N2OS. The fourth-order valence-corrected chi connectivity index (χ4v) is 2.62. The maximum absolute atomic E-state index is 5.25. The average Bonchev–Trinajstić information content (AvgIpc) is 2.90. The molecule has 2 rings (SSSR count). The van der Waals surface area contributed by atoms with Crippen LogP contribution in [-0.2, 0) is 0 Å². The summed E-state index contributed by atoms with van der Waals surface area (Å²) < 4.78 is 5.25. The van der Waals surface area contributed by atoms with Crippen LogP contribution in [0.15, 0.2) is 29.1 Å². The minimum absolute atomic E-state index is 0.159. The van der Waals surface area contributed by atoms with Crippen LogP contribution < -0.4 is 10.1 Å². The summed E-state index contributed by atoms with van der Waals surface area (Å²) in [5.41, 5.74) is 5.42. The Balaban J connectivity index is 2.37. The van der Waals surface area contributed by atoms with Gasteiger partial charge in [0.25, 0.3) is 0 Å². The van der Waals surface area contributed by atoms with Gasteiger partial charge in [0.1, 0.15) is 5.75 Å². The fourth-order valence-electron chi connectivity index (χ4n) is 2.04. The van der Waals surface area contributed by atoms with Crippen LogP contribution in [0.25, 0.3) is 0 Å². The van der Waals surface area contributed by atoms with Crippen molar-refractivity contribution in [1.29, 1.82) is 0 Å². The molecular weight excluding hydrogens is 244 g/mol. The van der Waals surface area contributed by atoms with Gasteiger partial charge >= 0.3 is 0 Å². The summed E-state index contributed by atoms with van der Waals surface area (Å²) in [7, 11) is 1.69. The maximum Gasteiger partial charge on any atom is 0.119 e. The second-order valence-corrected chi connectivity index (χ2v) is 4.85. The largest absolute Gasteiger partial charge is 0.497 e. The summed E-state index contributed by atoms with van der Waals surface area (Å²) in [6.07, 6.45) is 0. The van der Waals surface area contributed by atoms with Gasteiger partial charge in [0.05, 0.1) is 24.4 Å². The summed E-state index contributed by atoms with van der Waals surface area (Å²) in [6.45, 7) is 5.13. The van der Waals surface area contributed by atoms with Crippen molar-refractivity contribution in [3.63, 3.8) is 0 Å². The molecule has 0 radical (unpaired) electrons. The Morgan fingerprint density at radius 2 is 2.28 bits per heavy atom. The van der Waals surface area contributed by atoms with Crippen molar-refractivity contribution in [2.24, 2.45) is 0 Å². The van der Waals surface area contributed by atoms with E-state index in [9.17, 15) is 0 Å². The molecule has 4 heteroatoms. The number of nitrogens with one attached hydrogen (secondary N) is 1. The highest BCUT2D eigenvalue weighted by Gasteiger charge is 2.17. The number of nitrogens with zero attached hydrogens (tertiary/aromatic N) is 1. The predicted molar refractivity (Wildman–Crippen MR) is 75.4 cm³/mol. The van der Waals surface area contributed by atoms with Crippen LogP contribution >= 0.6 is 11.3 Å². The van der Waals surface area contributed by atoms with Gasteiger partial charge in [-0.15, -0.1) is 11.3 Å². The average molecular weight is 262 g/mol. The lowest BCUT2D eigenvalue weighted by Gasteiger charge is -2.19. The molecule has 0 spiro atoms. The molecule has 1 atom stereocenters. The highest BCUT2D eigenvalue weighted by Crippen LogP contribution is 2.27. The van der Waals surface area contributed by atoms with Gasteiger partial charge in [-0.1, -0.05) is 13.0 Å². The molecule has 2 aromatic rings. The Hall–Kier alpha value is -1.39. The lowest BCUT2D eigenvalue weighted by Crippen LogP contribution is -2.23. The first-order valence-electron chi connectivity index (χ1n) is 6.02. The minimum atomic E-state index is 0.159. The Bertz CT molecular complexity index is 497. The number of methoxy groups -OCH3 is 1. The lowest BCUT2D eigenvalue weighted by atomic mass is 9.99. The zero-order valence-corrected chi connectivity index (χ0v) is 11.8. The molecule has 18 heavy (non-hydrogen) atoms.